The standard InChI is InChI=1S/C19H23ClN4O/c1-2-15-8-5-6-10-24(15)19(25)17-11-18(23-13-22-17)21-12-14-7-3-4-9-16(14)20/h3-4,7,9,11,13,15H,2,5-6,8,10,12H2,1H3,(H,21,22,23). The van der Waals surface area contributed by atoms with Gasteiger partial charge in [0.1, 0.15) is 17.8 Å². The minimum atomic E-state index is -0.00487. The lowest BCUT2D eigenvalue weighted by molar-refractivity contribution is 0.0602. The molecule has 132 valence electrons. The molecule has 5 nitrogen and oxygen atoms in total. The second kappa shape index (κ2) is 8.30. The summed E-state index contributed by atoms with van der Waals surface area (Å²) in [5.41, 5.74) is 1.43. The second-order valence-electron chi connectivity index (χ2n) is 6.29. The Kier molecular flexibility index (Phi) is 5.87. The molecule has 0 saturated carbocycles. The van der Waals surface area contributed by atoms with Crippen LogP contribution in [0, 0.1) is 0 Å². The van der Waals surface area contributed by atoms with Crippen molar-refractivity contribution in [3.8, 4) is 0 Å². The first-order chi connectivity index (χ1) is 12.2. The summed E-state index contributed by atoms with van der Waals surface area (Å²) in [6.07, 6.45) is 5.74. The molecule has 1 atom stereocenters. The summed E-state index contributed by atoms with van der Waals surface area (Å²) >= 11 is 6.17. The van der Waals surface area contributed by atoms with Gasteiger partial charge in [0.2, 0.25) is 0 Å². The van der Waals surface area contributed by atoms with Gasteiger partial charge in [-0.25, -0.2) is 9.97 Å². The number of likely N-dealkylation sites (tertiary alicyclic amines) is 1. The van der Waals surface area contributed by atoms with Crippen LogP contribution in [0.3, 0.4) is 0 Å². The monoisotopic (exact) mass is 358 g/mol. The highest BCUT2D eigenvalue weighted by atomic mass is 35.5. The van der Waals surface area contributed by atoms with Gasteiger partial charge >= 0.3 is 0 Å². The number of amides is 1. The Hall–Kier alpha value is -2.14. The number of carbonyl (C=O) groups is 1. The van der Waals surface area contributed by atoms with Crippen LogP contribution in [-0.2, 0) is 6.54 Å². The van der Waals surface area contributed by atoms with E-state index in [4.69, 9.17) is 11.6 Å². The topological polar surface area (TPSA) is 58.1 Å². The van der Waals surface area contributed by atoms with Crippen molar-refractivity contribution in [1.82, 2.24) is 14.9 Å². The molecule has 0 radical (unpaired) electrons. The quantitative estimate of drug-likeness (QED) is 0.872. The Balaban J connectivity index is 1.70. The fraction of sp³-hybridized carbons (Fsp3) is 0.421. The van der Waals surface area contributed by atoms with Crippen LogP contribution >= 0.6 is 11.6 Å². The molecule has 1 fully saturated rings. The normalized spacial score (nSPS) is 17.4. The Labute approximate surface area is 153 Å². The highest BCUT2D eigenvalue weighted by Crippen LogP contribution is 2.22. The maximum absolute atomic E-state index is 12.8. The summed E-state index contributed by atoms with van der Waals surface area (Å²) in [6, 6.07) is 9.70. The Morgan fingerprint density at radius 1 is 1.32 bits per heavy atom. The van der Waals surface area contributed by atoms with Crippen molar-refractivity contribution in [3.05, 3.63) is 52.9 Å². The first-order valence-corrected chi connectivity index (χ1v) is 9.17. The molecule has 2 aromatic rings. The maximum atomic E-state index is 12.8. The van der Waals surface area contributed by atoms with E-state index >= 15 is 0 Å². The fourth-order valence-corrected chi connectivity index (χ4v) is 3.44. The number of rotatable bonds is 5. The van der Waals surface area contributed by atoms with Gasteiger partial charge in [-0.3, -0.25) is 4.79 Å². The van der Waals surface area contributed by atoms with Crippen LogP contribution in [0.5, 0.6) is 0 Å². The molecule has 25 heavy (non-hydrogen) atoms. The molecule has 1 N–H and O–H groups in total. The van der Waals surface area contributed by atoms with E-state index in [1.807, 2.05) is 29.2 Å². The van der Waals surface area contributed by atoms with Crippen molar-refractivity contribution in [3.63, 3.8) is 0 Å². The number of hydrogen-bond acceptors (Lipinski definition) is 4. The average molecular weight is 359 g/mol. The molecule has 0 spiro atoms. The van der Waals surface area contributed by atoms with Crippen LogP contribution in [0.4, 0.5) is 5.82 Å². The van der Waals surface area contributed by atoms with Crippen molar-refractivity contribution in [2.24, 2.45) is 0 Å². The predicted molar refractivity (Wildman–Crippen MR) is 99.8 cm³/mol. The van der Waals surface area contributed by atoms with Gasteiger partial charge < -0.3 is 10.2 Å². The number of halogens is 1. The molecule has 1 unspecified atom stereocenters. The number of piperidine rings is 1. The first kappa shape index (κ1) is 17.7. The lowest BCUT2D eigenvalue weighted by Gasteiger charge is -2.35. The number of nitrogens with zero attached hydrogens (tertiary/aromatic N) is 3. The van der Waals surface area contributed by atoms with Crippen molar-refractivity contribution in [2.75, 3.05) is 11.9 Å². The average Bonchev–Trinajstić information content (AvgIpc) is 2.67. The van der Waals surface area contributed by atoms with E-state index in [-0.39, 0.29) is 5.91 Å². The van der Waals surface area contributed by atoms with Gasteiger partial charge in [0.25, 0.3) is 5.91 Å². The third kappa shape index (κ3) is 4.28. The molecule has 6 heteroatoms. The number of anilines is 1. The Morgan fingerprint density at radius 3 is 2.96 bits per heavy atom. The predicted octanol–water partition coefficient (Wildman–Crippen LogP) is 4.15. The van der Waals surface area contributed by atoms with Crippen LogP contribution in [0.15, 0.2) is 36.7 Å². The molecule has 1 amide bonds. The van der Waals surface area contributed by atoms with Gasteiger partial charge in [-0.1, -0.05) is 36.7 Å². The third-order valence-electron chi connectivity index (χ3n) is 4.66. The number of aromatic nitrogens is 2. The third-order valence-corrected chi connectivity index (χ3v) is 5.03. The summed E-state index contributed by atoms with van der Waals surface area (Å²) in [5, 5.41) is 3.93. The Bertz CT molecular complexity index is 737. The van der Waals surface area contributed by atoms with Gasteiger partial charge in [0, 0.05) is 30.2 Å². The summed E-state index contributed by atoms with van der Waals surface area (Å²) in [7, 11) is 0. The molecule has 0 bridgehead atoms. The molecule has 1 aromatic heterocycles. The lowest BCUT2D eigenvalue weighted by Crippen LogP contribution is -2.43. The highest BCUT2D eigenvalue weighted by Gasteiger charge is 2.27. The highest BCUT2D eigenvalue weighted by molar-refractivity contribution is 6.31. The van der Waals surface area contributed by atoms with Crippen LogP contribution < -0.4 is 5.32 Å². The van der Waals surface area contributed by atoms with E-state index in [1.54, 1.807) is 6.07 Å². The van der Waals surface area contributed by atoms with E-state index in [0.717, 1.165) is 31.4 Å². The van der Waals surface area contributed by atoms with Crippen LogP contribution in [0.1, 0.15) is 48.7 Å². The van der Waals surface area contributed by atoms with Crippen LogP contribution in [0.2, 0.25) is 5.02 Å². The van der Waals surface area contributed by atoms with E-state index in [0.29, 0.717) is 29.1 Å². The van der Waals surface area contributed by atoms with E-state index in [1.165, 1.54) is 12.7 Å². The van der Waals surface area contributed by atoms with Crippen molar-refractivity contribution in [2.45, 2.75) is 45.2 Å². The summed E-state index contributed by atoms with van der Waals surface area (Å²) in [4.78, 5) is 23.2. The number of benzene rings is 1. The van der Waals surface area contributed by atoms with Crippen molar-refractivity contribution >= 4 is 23.3 Å². The number of hydrogen-bond donors (Lipinski definition) is 1. The summed E-state index contributed by atoms with van der Waals surface area (Å²) in [5.74, 6) is 0.623. The van der Waals surface area contributed by atoms with Crippen LogP contribution in [0.25, 0.3) is 0 Å². The number of nitrogens with one attached hydrogen (secondary N) is 1. The largest absolute Gasteiger partial charge is 0.366 e. The molecule has 1 aliphatic heterocycles. The maximum Gasteiger partial charge on any atom is 0.272 e. The smallest absolute Gasteiger partial charge is 0.272 e. The van der Waals surface area contributed by atoms with Gasteiger partial charge in [-0.2, -0.15) is 0 Å². The Morgan fingerprint density at radius 2 is 2.16 bits per heavy atom. The number of carbonyl (C=O) groups excluding carboxylic acids is 1. The molecule has 1 aromatic carbocycles. The van der Waals surface area contributed by atoms with Gasteiger partial charge in [-0.05, 0) is 37.3 Å². The van der Waals surface area contributed by atoms with Gasteiger partial charge in [0.05, 0.1) is 0 Å². The second-order valence-corrected chi connectivity index (χ2v) is 6.70. The van der Waals surface area contributed by atoms with E-state index in [9.17, 15) is 4.79 Å². The molecular formula is C19H23ClN4O. The minimum absolute atomic E-state index is 0.00487. The zero-order chi connectivity index (χ0) is 17.6. The van der Waals surface area contributed by atoms with Crippen LogP contribution in [-0.4, -0.2) is 33.4 Å². The molecule has 1 aliphatic rings. The zero-order valence-electron chi connectivity index (χ0n) is 14.4. The molecular weight excluding hydrogens is 336 g/mol. The van der Waals surface area contributed by atoms with Crippen molar-refractivity contribution < 1.29 is 4.79 Å². The lowest BCUT2D eigenvalue weighted by atomic mass is 9.99. The zero-order valence-corrected chi connectivity index (χ0v) is 15.2. The van der Waals surface area contributed by atoms with E-state index < -0.39 is 0 Å². The molecule has 2 heterocycles. The SMILES string of the molecule is CCC1CCCCN1C(=O)c1cc(NCc2ccccc2Cl)ncn1. The van der Waals surface area contributed by atoms with Gasteiger partial charge in [0.15, 0.2) is 0 Å². The van der Waals surface area contributed by atoms with E-state index in [2.05, 4.69) is 22.2 Å². The molecule has 3 rings (SSSR count). The summed E-state index contributed by atoms with van der Waals surface area (Å²) in [6.45, 7) is 3.49. The van der Waals surface area contributed by atoms with Gasteiger partial charge in [-0.15, -0.1) is 0 Å². The molecule has 1 saturated heterocycles. The molecule has 0 aliphatic carbocycles. The van der Waals surface area contributed by atoms with Crippen molar-refractivity contribution in [1.29, 1.82) is 0 Å². The minimum Gasteiger partial charge on any atom is -0.366 e. The fourth-order valence-electron chi connectivity index (χ4n) is 3.24. The first-order valence-electron chi connectivity index (χ1n) is 8.79. The summed E-state index contributed by atoms with van der Waals surface area (Å²) < 4.78 is 0.